The van der Waals surface area contributed by atoms with Crippen LogP contribution in [0.15, 0.2) is 11.1 Å². The lowest BCUT2D eigenvalue weighted by Gasteiger charge is -2.12. The summed E-state index contributed by atoms with van der Waals surface area (Å²) in [4.78, 5) is 0. The highest BCUT2D eigenvalue weighted by Gasteiger charge is 2.21. The molecule has 1 aromatic heterocycles. The van der Waals surface area contributed by atoms with Gasteiger partial charge < -0.3 is 0 Å². The Morgan fingerprint density at radius 1 is 1.44 bits per heavy atom. The van der Waals surface area contributed by atoms with Crippen molar-refractivity contribution in [2.75, 3.05) is 0 Å². The predicted molar refractivity (Wildman–Crippen MR) is 62.7 cm³/mol. The van der Waals surface area contributed by atoms with Crippen molar-refractivity contribution in [3.8, 4) is 0 Å². The van der Waals surface area contributed by atoms with Gasteiger partial charge >= 0.3 is 0 Å². The van der Waals surface area contributed by atoms with Crippen molar-refractivity contribution >= 4 is 10.0 Å². The molecule has 1 heterocycles. The van der Waals surface area contributed by atoms with Crippen molar-refractivity contribution in [2.45, 2.75) is 51.1 Å². The third-order valence-corrected chi connectivity index (χ3v) is 3.50. The van der Waals surface area contributed by atoms with E-state index in [0.717, 1.165) is 12.1 Å². The van der Waals surface area contributed by atoms with E-state index in [1.54, 1.807) is 6.07 Å². The first-order valence-corrected chi connectivity index (χ1v) is 6.94. The molecule has 0 aliphatic heterocycles. The van der Waals surface area contributed by atoms with E-state index in [4.69, 9.17) is 5.14 Å². The molecule has 0 fully saturated rings. The molecular formula is C10H19N3O2S. The lowest BCUT2D eigenvalue weighted by Crippen LogP contribution is -2.19. The largest absolute Gasteiger partial charge is 0.255 e. The maximum Gasteiger partial charge on any atom is 0.255 e. The van der Waals surface area contributed by atoms with Gasteiger partial charge in [0.05, 0.1) is 11.7 Å². The molecule has 0 bridgehead atoms. The summed E-state index contributed by atoms with van der Waals surface area (Å²) < 4.78 is 24.4. The van der Waals surface area contributed by atoms with Crippen molar-refractivity contribution in [1.82, 2.24) is 9.78 Å². The maximum atomic E-state index is 11.4. The molecule has 0 aliphatic carbocycles. The normalized spacial score (nSPS) is 14.4. The summed E-state index contributed by atoms with van der Waals surface area (Å²) in [6, 6.07) is 1.59. The molecule has 92 valence electrons. The van der Waals surface area contributed by atoms with E-state index in [2.05, 4.69) is 5.10 Å². The summed E-state index contributed by atoms with van der Waals surface area (Å²) in [6.07, 6.45) is 0.807. The van der Waals surface area contributed by atoms with Gasteiger partial charge in [-0.1, -0.05) is 20.8 Å². The molecule has 1 atom stereocenters. The van der Waals surface area contributed by atoms with E-state index in [1.807, 2.05) is 27.7 Å². The van der Waals surface area contributed by atoms with E-state index in [9.17, 15) is 8.42 Å². The van der Waals surface area contributed by atoms with E-state index in [-0.39, 0.29) is 17.0 Å². The fraction of sp³-hybridized carbons (Fsp3) is 0.700. The Hall–Kier alpha value is -0.880. The predicted octanol–water partition coefficient (Wildman–Crippen LogP) is 1.62. The molecule has 0 spiro atoms. The zero-order valence-electron chi connectivity index (χ0n) is 10.1. The maximum absolute atomic E-state index is 11.4. The lowest BCUT2D eigenvalue weighted by atomic mass is 10.1. The molecule has 16 heavy (non-hydrogen) atoms. The van der Waals surface area contributed by atoms with Crippen LogP contribution in [0.3, 0.4) is 0 Å². The minimum atomic E-state index is -3.70. The standard InChI is InChI=1S/C10H19N3O2S/c1-5-8(4)13-10(16(11,14)15)6-9(12-13)7(2)3/h6-8H,5H2,1-4H3,(H2,11,14,15). The quantitative estimate of drug-likeness (QED) is 0.875. The van der Waals surface area contributed by atoms with Gasteiger partial charge in [-0.15, -0.1) is 0 Å². The molecule has 0 radical (unpaired) electrons. The fourth-order valence-corrected chi connectivity index (χ4v) is 2.15. The van der Waals surface area contributed by atoms with E-state index >= 15 is 0 Å². The van der Waals surface area contributed by atoms with Gasteiger partial charge in [-0.25, -0.2) is 18.2 Å². The van der Waals surface area contributed by atoms with Gasteiger partial charge in [0.15, 0.2) is 5.03 Å². The molecule has 0 saturated heterocycles. The molecule has 1 unspecified atom stereocenters. The van der Waals surface area contributed by atoms with E-state index in [1.165, 1.54) is 4.68 Å². The smallest absolute Gasteiger partial charge is 0.250 e. The summed E-state index contributed by atoms with van der Waals surface area (Å²) >= 11 is 0. The van der Waals surface area contributed by atoms with Crippen LogP contribution >= 0.6 is 0 Å². The third kappa shape index (κ3) is 2.62. The van der Waals surface area contributed by atoms with Gasteiger partial charge in [0.1, 0.15) is 0 Å². The third-order valence-electron chi connectivity index (χ3n) is 2.61. The van der Waals surface area contributed by atoms with Crippen LogP contribution in [0.2, 0.25) is 0 Å². The summed E-state index contributed by atoms with van der Waals surface area (Å²) in [7, 11) is -3.70. The number of sulfonamides is 1. The average molecular weight is 245 g/mol. The Balaban J connectivity index is 3.35. The first kappa shape index (κ1) is 13.2. The van der Waals surface area contributed by atoms with Crippen molar-refractivity contribution in [2.24, 2.45) is 5.14 Å². The number of aromatic nitrogens is 2. The van der Waals surface area contributed by atoms with Gasteiger partial charge in [-0.2, -0.15) is 5.10 Å². The molecule has 0 aliphatic rings. The summed E-state index contributed by atoms with van der Waals surface area (Å²) in [5.41, 5.74) is 0.754. The second kappa shape index (κ2) is 4.55. The Labute approximate surface area is 96.7 Å². The number of hydrogen-bond acceptors (Lipinski definition) is 3. The van der Waals surface area contributed by atoms with Gasteiger partial charge in [0, 0.05) is 6.07 Å². The molecule has 5 nitrogen and oxygen atoms in total. The SMILES string of the molecule is CCC(C)n1nc(C(C)C)cc1S(N)(=O)=O. The molecular weight excluding hydrogens is 226 g/mol. The minimum absolute atomic E-state index is 0.0285. The number of nitrogens with zero attached hydrogens (tertiary/aromatic N) is 2. The van der Waals surface area contributed by atoms with E-state index in [0.29, 0.717) is 0 Å². The molecule has 2 N–H and O–H groups in total. The van der Waals surface area contributed by atoms with Crippen LogP contribution in [0, 0.1) is 0 Å². The Kier molecular flexibility index (Phi) is 3.75. The Morgan fingerprint density at radius 3 is 2.38 bits per heavy atom. The number of nitrogens with two attached hydrogens (primary N) is 1. The topological polar surface area (TPSA) is 78.0 Å². The Morgan fingerprint density at radius 2 is 2.00 bits per heavy atom. The average Bonchev–Trinajstić information content (AvgIpc) is 2.60. The van der Waals surface area contributed by atoms with Crippen LogP contribution in [0.4, 0.5) is 0 Å². The van der Waals surface area contributed by atoms with Crippen LogP contribution in [0.1, 0.15) is 51.8 Å². The van der Waals surface area contributed by atoms with Gasteiger partial charge in [0.2, 0.25) is 0 Å². The van der Waals surface area contributed by atoms with Gasteiger partial charge in [-0.3, -0.25) is 0 Å². The van der Waals surface area contributed by atoms with E-state index < -0.39 is 10.0 Å². The summed E-state index contributed by atoms with van der Waals surface area (Å²) in [5, 5.41) is 9.58. The lowest BCUT2D eigenvalue weighted by molar-refractivity contribution is 0.433. The van der Waals surface area contributed by atoms with Crippen LogP contribution in [-0.4, -0.2) is 18.2 Å². The monoisotopic (exact) mass is 245 g/mol. The molecule has 1 rings (SSSR count). The molecule has 1 aromatic rings. The first-order valence-electron chi connectivity index (χ1n) is 5.39. The molecule has 6 heteroatoms. The minimum Gasteiger partial charge on any atom is -0.250 e. The second-order valence-corrected chi connectivity index (χ2v) is 5.82. The zero-order valence-corrected chi connectivity index (χ0v) is 11.0. The summed E-state index contributed by atoms with van der Waals surface area (Å²) in [6.45, 7) is 7.84. The second-order valence-electron chi connectivity index (χ2n) is 4.31. The highest BCUT2D eigenvalue weighted by Crippen LogP contribution is 2.21. The van der Waals surface area contributed by atoms with Crippen LogP contribution in [0.25, 0.3) is 0 Å². The first-order chi connectivity index (χ1) is 7.27. The van der Waals surface area contributed by atoms with Crippen LogP contribution in [0.5, 0.6) is 0 Å². The Bertz CT molecular complexity index is 462. The number of rotatable bonds is 4. The molecule has 0 saturated carbocycles. The van der Waals surface area contributed by atoms with Gasteiger partial charge in [0.25, 0.3) is 10.0 Å². The van der Waals surface area contributed by atoms with Crippen molar-refractivity contribution in [1.29, 1.82) is 0 Å². The van der Waals surface area contributed by atoms with Crippen LogP contribution in [-0.2, 0) is 10.0 Å². The fourth-order valence-electron chi connectivity index (χ4n) is 1.38. The number of primary sulfonamides is 1. The van der Waals surface area contributed by atoms with Crippen molar-refractivity contribution in [3.63, 3.8) is 0 Å². The highest BCUT2D eigenvalue weighted by atomic mass is 32.2. The number of hydrogen-bond donors (Lipinski definition) is 1. The molecule has 0 aromatic carbocycles. The van der Waals surface area contributed by atoms with Gasteiger partial charge in [-0.05, 0) is 19.3 Å². The van der Waals surface area contributed by atoms with Crippen molar-refractivity contribution in [3.05, 3.63) is 11.8 Å². The van der Waals surface area contributed by atoms with Crippen LogP contribution < -0.4 is 5.14 Å². The zero-order chi connectivity index (χ0) is 12.5. The summed E-state index contributed by atoms with van der Waals surface area (Å²) in [5.74, 6) is 0.186. The van der Waals surface area contributed by atoms with Crippen molar-refractivity contribution < 1.29 is 8.42 Å². The highest BCUT2D eigenvalue weighted by molar-refractivity contribution is 7.89. The molecule has 0 amide bonds.